The van der Waals surface area contributed by atoms with Gasteiger partial charge in [0.15, 0.2) is 0 Å². The third kappa shape index (κ3) is 2.81. The number of halogens is 1. The molecule has 0 saturated carbocycles. The molecule has 0 atom stereocenters. The van der Waals surface area contributed by atoms with Gasteiger partial charge in [-0.05, 0) is 12.1 Å². The standard InChI is InChI=1S/C9H10BrNO4S/c1-15-9(12)7-4-2-3-5-8(7)16(13,14)11-6-10/h2-5,11H,6H2,1H3. The molecule has 0 unspecified atom stereocenters. The van der Waals surface area contributed by atoms with Gasteiger partial charge in [0.05, 0.1) is 23.0 Å². The van der Waals surface area contributed by atoms with Crippen LogP contribution in [-0.2, 0) is 14.8 Å². The predicted molar refractivity (Wildman–Crippen MR) is 61.9 cm³/mol. The highest BCUT2D eigenvalue weighted by molar-refractivity contribution is 9.09. The van der Waals surface area contributed by atoms with Crippen LogP contribution in [0.2, 0.25) is 0 Å². The number of esters is 1. The summed E-state index contributed by atoms with van der Waals surface area (Å²) in [5.41, 5.74) is 0.0867. The fraction of sp³-hybridized carbons (Fsp3) is 0.222. The number of carbonyl (C=O) groups is 1. The Labute approximate surface area is 102 Å². The number of carbonyl (C=O) groups excluding carboxylic acids is 1. The summed E-state index contributed by atoms with van der Waals surface area (Å²) in [5, 5.41) is 0. The van der Waals surface area contributed by atoms with E-state index in [-0.39, 0.29) is 15.9 Å². The van der Waals surface area contributed by atoms with Gasteiger partial charge in [0.2, 0.25) is 10.0 Å². The van der Waals surface area contributed by atoms with Gasteiger partial charge < -0.3 is 4.74 Å². The lowest BCUT2D eigenvalue weighted by Gasteiger charge is -2.08. The molecule has 88 valence electrons. The van der Waals surface area contributed by atoms with Crippen LogP contribution in [-0.4, -0.2) is 27.0 Å². The number of hydrogen-bond acceptors (Lipinski definition) is 4. The molecule has 1 aromatic carbocycles. The maximum absolute atomic E-state index is 11.7. The minimum absolute atomic E-state index is 0.0125. The second-order valence-electron chi connectivity index (χ2n) is 2.77. The summed E-state index contributed by atoms with van der Waals surface area (Å²) in [7, 11) is -2.50. The minimum atomic E-state index is -3.69. The van der Waals surface area contributed by atoms with E-state index in [9.17, 15) is 13.2 Å². The first-order valence-corrected chi connectivity index (χ1v) is 6.86. The van der Waals surface area contributed by atoms with Crippen molar-refractivity contribution in [1.29, 1.82) is 0 Å². The highest BCUT2D eigenvalue weighted by atomic mass is 79.9. The molecule has 0 aliphatic carbocycles. The van der Waals surface area contributed by atoms with Crippen molar-refractivity contribution < 1.29 is 17.9 Å². The van der Waals surface area contributed by atoms with Gasteiger partial charge in [-0.2, -0.15) is 0 Å². The molecule has 5 nitrogen and oxygen atoms in total. The summed E-state index contributed by atoms with van der Waals surface area (Å²) >= 11 is 2.95. The van der Waals surface area contributed by atoms with Crippen molar-refractivity contribution in [2.45, 2.75) is 4.90 Å². The van der Waals surface area contributed by atoms with Crippen molar-refractivity contribution in [2.75, 3.05) is 12.6 Å². The Balaban J connectivity index is 3.29. The fourth-order valence-corrected chi connectivity index (χ4v) is 3.03. The van der Waals surface area contributed by atoms with Crippen molar-refractivity contribution in [3.8, 4) is 0 Å². The zero-order valence-corrected chi connectivity index (χ0v) is 10.8. The monoisotopic (exact) mass is 307 g/mol. The number of ether oxygens (including phenoxy) is 1. The molecule has 7 heteroatoms. The molecule has 0 amide bonds. The van der Waals surface area contributed by atoms with E-state index in [0.717, 1.165) is 0 Å². The highest BCUT2D eigenvalue weighted by Gasteiger charge is 2.21. The lowest BCUT2D eigenvalue weighted by atomic mass is 10.2. The third-order valence-corrected chi connectivity index (χ3v) is 3.94. The van der Waals surface area contributed by atoms with Gasteiger partial charge in [0.25, 0.3) is 0 Å². The number of methoxy groups -OCH3 is 1. The van der Waals surface area contributed by atoms with Crippen LogP contribution in [0.25, 0.3) is 0 Å². The van der Waals surface area contributed by atoms with E-state index in [0.29, 0.717) is 0 Å². The van der Waals surface area contributed by atoms with E-state index in [1.807, 2.05) is 0 Å². The average molecular weight is 308 g/mol. The van der Waals surface area contributed by atoms with E-state index in [2.05, 4.69) is 25.4 Å². The van der Waals surface area contributed by atoms with Gasteiger partial charge in [-0.3, -0.25) is 0 Å². The van der Waals surface area contributed by atoms with Gasteiger partial charge in [-0.15, -0.1) is 0 Å². The van der Waals surface area contributed by atoms with E-state index in [1.54, 1.807) is 6.07 Å². The Morgan fingerprint density at radius 3 is 2.62 bits per heavy atom. The van der Waals surface area contributed by atoms with Crippen LogP contribution in [0.1, 0.15) is 10.4 Å². The summed E-state index contributed by atoms with van der Waals surface area (Å²) in [4.78, 5) is 11.3. The molecule has 0 spiro atoms. The van der Waals surface area contributed by atoms with Crippen molar-refractivity contribution in [3.05, 3.63) is 29.8 Å². The molecular weight excluding hydrogens is 298 g/mol. The predicted octanol–water partition coefficient (Wildman–Crippen LogP) is 1.10. The van der Waals surface area contributed by atoms with Gasteiger partial charge in [-0.25, -0.2) is 17.9 Å². The number of nitrogens with one attached hydrogen (secondary N) is 1. The van der Waals surface area contributed by atoms with Crippen molar-refractivity contribution in [1.82, 2.24) is 4.72 Å². The van der Waals surface area contributed by atoms with Gasteiger partial charge in [-0.1, -0.05) is 28.1 Å². The van der Waals surface area contributed by atoms with Crippen LogP contribution in [0.3, 0.4) is 0 Å². The summed E-state index contributed by atoms with van der Waals surface area (Å²) < 4.78 is 30.2. The Hall–Kier alpha value is -0.920. The molecule has 0 bridgehead atoms. The minimum Gasteiger partial charge on any atom is -0.465 e. The van der Waals surface area contributed by atoms with E-state index in [4.69, 9.17) is 0 Å². The Morgan fingerprint density at radius 1 is 1.44 bits per heavy atom. The zero-order valence-electron chi connectivity index (χ0n) is 8.44. The van der Waals surface area contributed by atoms with Gasteiger partial charge in [0, 0.05) is 0 Å². The molecule has 16 heavy (non-hydrogen) atoms. The topological polar surface area (TPSA) is 72.5 Å². The molecule has 0 fully saturated rings. The molecule has 0 aliphatic rings. The van der Waals surface area contributed by atoms with Crippen molar-refractivity contribution in [2.24, 2.45) is 0 Å². The fourth-order valence-electron chi connectivity index (χ4n) is 1.13. The number of sulfonamides is 1. The van der Waals surface area contributed by atoms with E-state index in [1.165, 1.54) is 25.3 Å². The second kappa shape index (κ2) is 5.42. The quantitative estimate of drug-likeness (QED) is 0.514. The van der Waals surface area contributed by atoms with Crippen molar-refractivity contribution in [3.63, 3.8) is 0 Å². The second-order valence-corrected chi connectivity index (χ2v) is 5.07. The smallest absolute Gasteiger partial charge is 0.339 e. The number of hydrogen-bond donors (Lipinski definition) is 1. The molecule has 1 rings (SSSR count). The van der Waals surface area contributed by atoms with Crippen LogP contribution in [0.5, 0.6) is 0 Å². The van der Waals surface area contributed by atoms with Crippen LogP contribution < -0.4 is 4.72 Å². The van der Waals surface area contributed by atoms with Crippen molar-refractivity contribution >= 4 is 31.9 Å². The SMILES string of the molecule is COC(=O)c1ccccc1S(=O)(=O)NCBr. The Kier molecular flexibility index (Phi) is 4.45. The molecule has 0 heterocycles. The molecule has 1 aromatic rings. The molecule has 0 saturated heterocycles. The lowest BCUT2D eigenvalue weighted by Crippen LogP contribution is -2.24. The number of benzene rings is 1. The summed E-state index contributed by atoms with van der Waals surface area (Å²) in [5.74, 6) is -0.685. The van der Waals surface area contributed by atoms with Crippen LogP contribution >= 0.6 is 15.9 Å². The molecule has 1 N–H and O–H groups in total. The summed E-state index contributed by atoms with van der Waals surface area (Å²) in [6, 6.07) is 5.85. The largest absolute Gasteiger partial charge is 0.465 e. The lowest BCUT2D eigenvalue weighted by molar-refractivity contribution is 0.0596. The highest BCUT2D eigenvalue weighted by Crippen LogP contribution is 2.16. The summed E-state index contributed by atoms with van der Waals surface area (Å²) in [6.07, 6.45) is 0. The molecular formula is C9H10BrNO4S. The Bertz CT molecular complexity index is 486. The summed E-state index contributed by atoms with van der Waals surface area (Å²) in [6.45, 7) is 0. The van der Waals surface area contributed by atoms with Gasteiger partial charge >= 0.3 is 5.97 Å². The zero-order chi connectivity index (χ0) is 12.2. The maximum atomic E-state index is 11.7. The molecule has 0 radical (unpaired) electrons. The first-order chi connectivity index (χ1) is 7.53. The van der Waals surface area contributed by atoms with Crippen LogP contribution in [0, 0.1) is 0 Å². The average Bonchev–Trinajstić information content (AvgIpc) is 2.28. The first-order valence-electron chi connectivity index (χ1n) is 4.26. The first kappa shape index (κ1) is 13.1. The third-order valence-electron chi connectivity index (χ3n) is 1.83. The van der Waals surface area contributed by atoms with E-state index < -0.39 is 16.0 Å². The van der Waals surface area contributed by atoms with E-state index >= 15 is 0 Å². The van der Waals surface area contributed by atoms with Gasteiger partial charge in [0.1, 0.15) is 0 Å². The number of alkyl halides is 1. The maximum Gasteiger partial charge on any atom is 0.339 e. The number of rotatable bonds is 4. The molecule has 0 aromatic heterocycles. The van der Waals surface area contributed by atoms with Crippen LogP contribution in [0.15, 0.2) is 29.2 Å². The molecule has 0 aliphatic heterocycles. The Morgan fingerprint density at radius 2 is 2.06 bits per heavy atom. The van der Waals surface area contributed by atoms with Crippen LogP contribution in [0.4, 0.5) is 0 Å². The normalized spacial score (nSPS) is 11.1.